The van der Waals surface area contributed by atoms with E-state index in [0.717, 1.165) is 18.4 Å². The number of rotatable bonds is 4. The average molecular weight is 365 g/mol. The zero-order valence-electron chi connectivity index (χ0n) is 14.5. The molecule has 1 saturated carbocycles. The Hall–Kier alpha value is -2.45. The van der Waals surface area contributed by atoms with Crippen LogP contribution in [0.3, 0.4) is 0 Å². The van der Waals surface area contributed by atoms with Crippen molar-refractivity contribution in [1.29, 1.82) is 0 Å². The summed E-state index contributed by atoms with van der Waals surface area (Å²) in [6.45, 7) is 4.29. The van der Waals surface area contributed by atoms with Crippen LogP contribution in [0.2, 0.25) is 0 Å². The number of aromatic nitrogens is 5. The highest BCUT2D eigenvalue weighted by Crippen LogP contribution is 2.58. The molecule has 3 heterocycles. The fourth-order valence-corrected chi connectivity index (χ4v) is 3.38. The molecule has 4 rings (SSSR count). The quantitative estimate of drug-likeness (QED) is 0.712. The highest BCUT2D eigenvalue weighted by molar-refractivity contribution is 5.75. The number of hydrogen-bond acceptors (Lipinski definition) is 4. The minimum absolute atomic E-state index is 0.0520. The van der Waals surface area contributed by atoms with Crippen molar-refractivity contribution in [2.45, 2.75) is 57.7 Å². The minimum Gasteiger partial charge on any atom is -0.302 e. The molecule has 0 N–H and O–H groups in total. The van der Waals surface area contributed by atoms with Gasteiger partial charge in [-0.25, -0.2) is 4.98 Å². The second-order valence-electron chi connectivity index (χ2n) is 6.93. The van der Waals surface area contributed by atoms with Gasteiger partial charge in [0.15, 0.2) is 11.5 Å². The van der Waals surface area contributed by atoms with E-state index in [1.807, 2.05) is 13.8 Å². The standard InChI is InChI=1S/C17H18F3N5O/c1-3-4-7-24-11-8-10(2)9-21-12(11)25-13(14(24)26)22-23-15(25)16(5-6-16)17(18,19)20/h8-9H,3-7H2,1-2H3. The predicted molar refractivity (Wildman–Crippen MR) is 89.2 cm³/mol. The molecule has 26 heavy (non-hydrogen) atoms. The summed E-state index contributed by atoms with van der Waals surface area (Å²) in [7, 11) is 0. The average Bonchev–Trinajstić information content (AvgIpc) is 3.28. The summed E-state index contributed by atoms with van der Waals surface area (Å²) in [5.41, 5.74) is -0.945. The third-order valence-corrected chi connectivity index (χ3v) is 5.04. The Morgan fingerprint density at radius 2 is 1.96 bits per heavy atom. The van der Waals surface area contributed by atoms with Gasteiger partial charge in [-0.2, -0.15) is 13.2 Å². The third-order valence-electron chi connectivity index (χ3n) is 5.04. The van der Waals surface area contributed by atoms with Gasteiger partial charge < -0.3 is 4.57 Å². The molecule has 0 aliphatic heterocycles. The molecular formula is C17H18F3N5O. The molecule has 3 aromatic rings. The van der Waals surface area contributed by atoms with E-state index in [-0.39, 0.29) is 30.0 Å². The Morgan fingerprint density at radius 1 is 1.23 bits per heavy atom. The molecule has 9 heteroatoms. The fourth-order valence-electron chi connectivity index (χ4n) is 3.38. The molecule has 0 aromatic carbocycles. The minimum atomic E-state index is -4.44. The van der Waals surface area contributed by atoms with Gasteiger partial charge in [-0.15, -0.1) is 10.2 Å². The number of fused-ring (bicyclic) bond motifs is 3. The maximum absolute atomic E-state index is 13.6. The predicted octanol–water partition coefficient (Wildman–Crippen LogP) is 3.14. The monoisotopic (exact) mass is 365 g/mol. The van der Waals surface area contributed by atoms with E-state index in [1.165, 1.54) is 4.40 Å². The molecule has 0 saturated heterocycles. The Kier molecular flexibility index (Phi) is 3.61. The highest BCUT2D eigenvalue weighted by atomic mass is 19.4. The maximum Gasteiger partial charge on any atom is 0.401 e. The summed E-state index contributed by atoms with van der Waals surface area (Å²) >= 11 is 0. The van der Waals surface area contributed by atoms with Crippen molar-refractivity contribution in [3.8, 4) is 0 Å². The first-order valence-corrected chi connectivity index (χ1v) is 8.61. The lowest BCUT2D eigenvalue weighted by atomic mass is 10.1. The van der Waals surface area contributed by atoms with Crippen molar-refractivity contribution in [2.24, 2.45) is 0 Å². The number of alkyl halides is 3. The number of aryl methyl sites for hydroxylation is 2. The van der Waals surface area contributed by atoms with E-state index in [9.17, 15) is 18.0 Å². The molecule has 1 aliphatic carbocycles. The van der Waals surface area contributed by atoms with Gasteiger partial charge in [0.1, 0.15) is 5.41 Å². The van der Waals surface area contributed by atoms with Crippen molar-refractivity contribution >= 4 is 16.8 Å². The van der Waals surface area contributed by atoms with Crippen LogP contribution in [0.15, 0.2) is 17.1 Å². The van der Waals surface area contributed by atoms with Crippen LogP contribution >= 0.6 is 0 Å². The molecule has 1 fully saturated rings. The van der Waals surface area contributed by atoms with Crippen LogP contribution in [-0.4, -0.2) is 30.3 Å². The molecule has 0 unspecified atom stereocenters. The molecule has 0 radical (unpaired) electrons. The van der Waals surface area contributed by atoms with Crippen LogP contribution in [0.25, 0.3) is 16.8 Å². The van der Waals surface area contributed by atoms with Crippen molar-refractivity contribution in [1.82, 2.24) is 24.1 Å². The van der Waals surface area contributed by atoms with Crippen molar-refractivity contribution < 1.29 is 13.2 Å². The van der Waals surface area contributed by atoms with Crippen molar-refractivity contribution in [2.75, 3.05) is 0 Å². The van der Waals surface area contributed by atoms with Gasteiger partial charge in [0, 0.05) is 12.7 Å². The van der Waals surface area contributed by atoms with Gasteiger partial charge in [0.25, 0.3) is 5.56 Å². The summed E-state index contributed by atoms with van der Waals surface area (Å²) in [5, 5.41) is 7.61. The topological polar surface area (TPSA) is 65.1 Å². The summed E-state index contributed by atoms with van der Waals surface area (Å²) in [4.78, 5) is 17.2. The summed E-state index contributed by atoms with van der Waals surface area (Å²) in [6, 6.07) is 1.77. The molecule has 0 spiro atoms. The Bertz CT molecular complexity index is 1060. The summed E-state index contributed by atoms with van der Waals surface area (Å²) in [6.07, 6.45) is -1.31. The van der Waals surface area contributed by atoms with E-state index in [4.69, 9.17) is 0 Å². The first-order valence-electron chi connectivity index (χ1n) is 8.61. The molecule has 138 valence electrons. The van der Waals surface area contributed by atoms with Crippen LogP contribution in [0.5, 0.6) is 0 Å². The van der Waals surface area contributed by atoms with Gasteiger partial charge in [-0.3, -0.25) is 9.20 Å². The van der Waals surface area contributed by atoms with Crippen LogP contribution in [-0.2, 0) is 12.0 Å². The largest absolute Gasteiger partial charge is 0.401 e. The molecular weight excluding hydrogens is 347 g/mol. The van der Waals surface area contributed by atoms with Gasteiger partial charge in [-0.05, 0) is 37.8 Å². The fraction of sp³-hybridized carbons (Fsp3) is 0.529. The van der Waals surface area contributed by atoms with Gasteiger partial charge in [0.05, 0.1) is 5.52 Å². The van der Waals surface area contributed by atoms with Crippen molar-refractivity contribution in [3.63, 3.8) is 0 Å². The molecule has 0 bridgehead atoms. The first-order chi connectivity index (χ1) is 12.3. The Morgan fingerprint density at radius 3 is 2.58 bits per heavy atom. The number of hydrogen-bond donors (Lipinski definition) is 0. The normalized spacial score (nSPS) is 16.5. The van der Waals surface area contributed by atoms with Gasteiger partial charge in [-0.1, -0.05) is 13.3 Å². The van der Waals surface area contributed by atoms with E-state index in [0.29, 0.717) is 12.1 Å². The summed E-state index contributed by atoms with van der Waals surface area (Å²) in [5.74, 6) is -0.235. The lowest BCUT2D eigenvalue weighted by Gasteiger charge is -2.18. The van der Waals surface area contributed by atoms with Gasteiger partial charge >= 0.3 is 6.18 Å². The van der Waals surface area contributed by atoms with Crippen LogP contribution in [0, 0.1) is 6.92 Å². The Labute approximate surface area is 146 Å². The third kappa shape index (κ3) is 2.25. The van der Waals surface area contributed by atoms with E-state index >= 15 is 0 Å². The lowest BCUT2D eigenvalue weighted by molar-refractivity contribution is -0.162. The number of unbranched alkanes of at least 4 members (excludes halogenated alkanes) is 1. The SMILES string of the molecule is CCCCn1c(=O)c2nnc(C3(C(F)(F)F)CC3)n2c2ncc(C)cc21. The van der Waals surface area contributed by atoms with Crippen LogP contribution in [0.1, 0.15) is 44.0 Å². The van der Waals surface area contributed by atoms with Crippen LogP contribution in [0.4, 0.5) is 13.2 Å². The highest BCUT2D eigenvalue weighted by Gasteiger charge is 2.67. The molecule has 1 aliphatic rings. The lowest BCUT2D eigenvalue weighted by Crippen LogP contribution is -2.32. The Balaban J connectivity index is 2.09. The van der Waals surface area contributed by atoms with Crippen LogP contribution < -0.4 is 5.56 Å². The second-order valence-corrected chi connectivity index (χ2v) is 6.93. The van der Waals surface area contributed by atoms with E-state index in [2.05, 4.69) is 15.2 Å². The number of pyridine rings is 1. The molecule has 3 aromatic heterocycles. The molecule has 6 nitrogen and oxygen atoms in total. The number of halogens is 3. The first kappa shape index (κ1) is 17.0. The van der Waals surface area contributed by atoms with Gasteiger partial charge in [0.2, 0.25) is 5.65 Å². The smallest absolute Gasteiger partial charge is 0.302 e. The molecule has 0 atom stereocenters. The maximum atomic E-state index is 13.6. The zero-order valence-corrected chi connectivity index (χ0v) is 14.5. The molecule has 0 amide bonds. The number of nitrogens with zero attached hydrogens (tertiary/aromatic N) is 5. The second kappa shape index (κ2) is 5.52. The zero-order chi connectivity index (χ0) is 18.7. The van der Waals surface area contributed by atoms with E-state index < -0.39 is 17.2 Å². The van der Waals surface area contributed by atoms with E-state index in [1.54, 1.807) is 16.8 Å². The van der Waals surface area contributed by atoms with Crippen molar-refractivity contribution in [3.05, 3.63) is 34.0 Å². The summed E-state index contributed by atoms with van der Waals surface area (Å²) < 4.78 is 43.6.